The minimum Gasteiger partial charge on any atom is -0.497 e. The van der Waals surface area contributed by atoms with Gasteiger partial charge in [-0.1, -0.05) is 6.07 Å². The van der Waals surface area contributed by atoms with Crippen LogP contribution >= 0.6 is 15.9 Å². The molecule has 0 bridgehead atoms. The Labute approximate surface area is 126 Å². The van der Waals surface area contributed by atoms with Gasteiger partial charge in [0.05, 0.1) is 7.11 Å². The zero-order chi connectivity index (χ0) is 14.7. The molecule has 4 nitrogen and oxygen atoms in total. The van der Waals surface area contributed by atoms with Crippen molar-refractivity contribution in [3.8, 4) is 5.75 Å². The Morgan fingerprint density at radius 2 is 2.00 bits per heavy atom. The number of benzene rings is 2. The topological polar surface area (TPSA) is 55.6 Å². The van der Waals surface area contributed by atoms with Crippen molar-refractivity contribution in [2.24, 2.45) is 0 Å². The first-order valence-electron chi connectivity index (χ1n) is 6.00. The molecule has 0 spiro atoms. The maximum absolute atomic E-state index is 12.4. The van der Waals surface area contributed by atoms with Gasteiger partial charge in [-0.2, -0.15) is 0 Å². The Kier molecular flexibility index (Phi) is 4.29. The van der Waals surface area contributed by atoms with Crippen molar-refractivity contribution < 1.29 is 9.53 Å². The fraction of sp³-hybridized carbons (Fsp3) is 0.133. The third kappa shape index (κ3) is 2.93. The highest BCUT2D eigenvalue weighted by molar-refractivity contribution is 9.10. The predicted molar refractivity (Wildman–Crippen MR) is 84.3 cm³/mol. The molecular weight excluding hydrogens is 320 g/mol. The van der Waals surface area contributed by atoms with E-state index in [1.165, 1.54) is 0 Å². The molecule has 1 amide bonds. The Morgan fingerprint density at radius 3 is 2.65 bits per heavy atom. The number of ether oxygens (including phenoxy) is 1. The summed E-state index contributed by atoms with van der Waals surface area (Å²) in [6.07, 6.45) is 0. The van der Waals surface area contributed by atoms with E-state index in [1.807, 2.05) is 24.3 Å². The molecule has 0 atom stereocenters. The summed E-state index contributed by atoms with van der Waals surface area (Å²) in [5, 5.41) is 0. The molecule has 2 aromatic carbocycles. The van der Waals surface area contributed by atoms with E-state index in [2.05, 4.69) is 15.9 Å². The fourth-order valence-electron chi connectivity index (χ4n) is 1.79. The second-order valence-corrected chi connectivity index (χ2v) is 5.16. The number of amides is 1. The predicted octanol–water partition coefficient (Wildman–Crippen LogP) is 3.32. The fourth-order valence-corrected chi connectivity index (χ4v) is 2.17. The van der Waals surface area contributed by atoms with Crippen LogP contribution in [-0.2, 0) is 0 Å². The SMILES string of the molecule is COc1cccc(N(C)C(=O)c2ccc(N)c(Br)c2)c1. The Morgan fingerprint density at radius 1 is 1.25 bits per heavy atom. The normalized spacial score (nSPS) is 10.2. The minimum absolute atomic E-state index is 0.112. The second kappa shape index (κ2) is 5.96. The summed E-state index contributed by atoms with van der Waals surface area (Å²) in [6, 6.07) is 12.5. The number of nitrogens with two attached hydrogens (primary N) is 1. The third-order valence-corrected chi connectivity index (χ3v) is 3.68. The van der Waals surface area contributed by atoms with Gasteiger partial charge < -0.3 is 15.4 Å². The molecule has 0 aliphatic carbocycles. The van der Waals surface area contributed by atoms with Crippen molar-refractivity contribution in [2.45, 2.75) is 0 Å². The van der Waals surface area contributed by atoms with Gasteiger partial charge in [0.15, 0.2) is 0 Å². The molecule has 0 radical (unpaired) electrons. The molecule has 5 heteroatoms. The molecule has 0 aliphatic heterocycles. The molecule has 0 fully saturated rings. The van der Waals surface area contributed by atoms with Crippen LogP contribution in [0.25, 0.3) is 0 Å². The summed E-state index contributed by atoms with van der Waals surface area (Å²) in [5.41, 5.74) is 7.66. The number of halogens is 1. The molecule has 2 rings (SSSR count). The Balaban J connectivity index is 2.29. The minimum atomic E-state index is -0.112. The smallest absolute Gasteiger partial charge is 0.258 e. The number of carbonyl (C=O) groups is 1. The molecule has 20 heavy (non-hydrogen) atoms. The number of rotatable bonds is 3. The maximum Gasteiger partial charge on any atom is 0.258 e. The highest BCUT2D eigenvalue weighted by atomic mass is 79.9. The van der Waals surface area contributed by atoms with E-state index >= 15 is 0 Å². The summed E-state index contributed by atoms with van der Waals surface area (Å²) in [4.78, 5) is 14.0. The molecule has 2 N–H and O–H groups in total. The third-order valence-electron chi connectivity index (χ3n) is 2.99. The van der Waals surface area contributed by atoms with Crippen molar-refractivity contribution in [1.82, 2.24) is 0 Å². The average molecular weight is 335 g/mol. The highest BCUT2D eigenvalue weighted by Gasteiger charge is 2.14. The van der Waals surface area contributed by atoms with Gasteiger partial charge in [-0.15, -0.1) is 0 Å². The lowest BCUT2D eigenvalue weighted by molar-refractivity contribution is 0.0993. The number of nitrogens with zero attached hydrogens (tertiary/aromatic N) is 1. The van der Waals surface area contributed by atoms with Crippen molar-refractivity contribution in [1.29, 1.82) is 0 Å². The van der Waals surface area contributed by atoms with E-state index in [0.717, 1.165) is 5.69 Å². The van der Waals surface area contributed by atoms with Gasteiger partial charge >= 0.3 is 0 Å². The average Bonchev–Trinajstić information content (AvgIpc) is 2.48. The zero-order valence-electron chi connectivity index (χ0n) is 11.3. The van der Waals surface area contributed by atoms with Crippen LogP contribution in [0.3, 0.4) is 0 Å². The quantitative estimate of drug-likeness (QED) is 0.876. The van der Waals surface area contributed by atoms with Crippen LogP contribution in [0.4, 0.5) is 11.4 Å². The van der Waals surface area contributed by atoms with E-state index in [1.54, 1.807) is 37.3 Å². The van der Waals surface area contributed by atoms with Crippen LogP contribution in [0.5, 0.6) is 5.75 Å². The van der Waals surface area contributed by atoms with E-state index in [9.17, 15) is 4.79 Å². The highest BCUT2D eigenvalue weighted by Crippen LogP contribution is 2.24. The van der Waals surface area contributed by atoms with Gasteiger partial charge in [0, 0.05) is 34.5 Å². The molecular formula is C15H15BrN2O2. The van der Waals surface area contributed by atoms with Crippen LogP contribution in [0.2, 0.25) is 0 Å². The van der Waals surface area contributed by atoms with Gasteiger partial charge in [-0.25, -0.2) is 0 Å². The van der Waals surface area contributed by atoms with Crippen molar-refractivity contribution in [3.63, 3.8) is 0 Å². The van der Waals surface area contributed by atoms with E-state index < -0.39 is 0 Å². The molecule has 0 saturated carbocycles. The number of hydrogen-bond acceptors (Lipinski definition) is 3. The van der Waals surface area contributed by atoms with Crippen molar-refractivity contribution in [3.05, 3.63) is 52.5 Å². The first-order valence-corrected chi connectivity index (χ1v) is 6.79. The second-order valence-electron chi connectivity index (χ2n) is 4.30. The van der Waals surface area contributed by atoms with Crippen molar-refractivity contribution in [2.75, 3.05) is 24.8 Å². The zero-order valence-corrected chi connectivity index (χ0v) is 12.8. The van der Waals surface area contributed by atoms with Crippen LogP contribution in [0, 0.1) is 0 Å². The van der Waals surface area contributed by atoms with E-state index in [0.29, 0.717) is 21.5 Å². The largest absolute Gasteiger partial charge is 0.497 e. The van der Waals surface area contributed by atoms with Crippen LogP contribution in [-0.4, -0.2) is 20.1 Å². The first kappa shape index (κ1) is 14.4. The lowest BCUT2D eigenvalue weighted by Crippen LogP contribution is -2.26. The molecule has 104 valence electrons. The molecule has 0 aliphatic rings. The van der Waals surface area contributed by atoms with Crippen LogP contribution < -0.4 is 15.4 Å². The number of methoxy groups -OCH3 is 1. The number of hydrogen-bond donors (Lipinski definition) is 1. The van der Waals surface area contributed by atoms with Gasteiger partial charge in [0.2, 0.25) is 0 Å². The maximum atomic E-state index is 12.4. The van der Waals surface area contributed by atoms with Crippen LogP contribution in [0.1, 0.15) is 10.4 Å². The summed E-state index contributed by atoms with van der Waals surface area (Å²) >= 11 is 3.33. The van der Waals surface area contributed by atoms with Crippen molar-refractivity contribution >= 4 is 33.2 Å². The van der Waals surface area contributed by atoms with Crippen LogP contribution in [0.15, 0.2) is 46.9 Å². The standard InChI is InChI=1S/C15H15BrN2O2/c1-18(11-4-3-5-12(9-11)20-2)15(19)10-6-7-14(17)13(16)8-10/h3-9H,17H2,1-2H3. The van der Waals surface area contributed by atoms with Gasteiger partial charge in [-0.3, -0.25) is 4.79 Å². The summed E-state index contributed by atoms with van der Waals surface area (Å²) < 4.78 is 5.87. The lowest BCUT2D eigenvalue weighted by atomic mass is 10.1. The number of anilines is 2. The lowest BCUT2D eigenvalue weighted by Gasteiger charge is -2.18. The summed E-state index contributed by atoms with van der Waals surface area (Å²) in [5.74, 6) is 0.597. The Hall–Kier alpha value is -2.01. The summed E-state index contributed by atoms with van der Waals surface area (Å²) in [6.45, 7) is 0. The first-order chi connectivity index (χ1) is 9.52. The molecule has 2 aromatic rings. The molecule has 0 heterocycles. The van der Waals surface area contributed by atoms with Gasteiger partial charge in [0.25, 0.3) is 5.91 Å². The van der Waals surface area contributed by atoms with E-state index in [-0.39, 0.29) is 5.91 Å². The van der Waals surface area contributed by atoms with Gasteiger partial charge in [-0.05, 0) is 46.3 Å². The Bertz CT molecular complexity index is 644. The molecule has 0 saturated heterocycles. The molecule has 0 aromatic heterocycles. The van der Waals surface area contributed by atoms with E-state index in [4.69, 9.17) is 10.5 Å². The van der Waals surface area contributed by atoms with Gasteiger partial charge in [0.1, 0.15) is 5.75 Å². The number of carbonyl (C=O) groups excluding carboxylic acids is 1. The summed E-state index contributed by atoms with van der Waals surface area (Å²) in [7, 11) is 3.32. The number of nitrogen functional groups attached to an aromatic ring is 1. The molecule has 0 unspecified atom stereocenters. The monoisotopic (exact) mass is 334 g/mol.